The standard InChI is InChI=1S/C21H25N3O7S2/c1-11-5-6-32-13(11)7-12-10-33-19-16(18(27)24(19)17(12)20(28)29)23-14(25)8-22-30-9-15(26)31-21(2,3)4/h5-6,8,16,19H,7,9-10H2,1-4H3,(H,23,25)(H,28,29)/t16?,19-/m0/s1. The molecule has 0 bridgehead atoms. The zero-order valence-electron chi connectivity index (χ0n) is 18.6. The number of aryl methyl sites for hydroxylation is 1. The Labute approximate surface area is 199 Å². The Hall–Kier alpha value is -2.86. The molecule has 1 aromatic heterocycles. The van der Waals surface area contributed by atoms with Crippen molar-refractivity contribution >= 4 is 53.1 Å². The molecule has 0 aromatic carbocycles. The first-order valence-electron chi connectivity index (χ1n) is 10.1. The van der Waals surface area contributed by atoms with Crippen LogP contribution in [0.5, 0.6) is 0 Å². The van der Waals surface area contributed by atoms with E-state index in [-0.39, 0.29) is 5.70 Å². The molecule has 2 aliphatic rings. The number of rotatable bonds is 8. The van der Waals surface area contributed by atoms with Crippen LogP contribution in [0.15, 0.2) is 27.9 Å². The van der Waals surface area contributed by atoms with Gasteiger partial charge in [-0.2, -0.15) is 0 Å². The number of fused-ring (bicyclic) bond motifs is 1. The number of aliphatic carboxylic acids is 1. The number of nitrogens with zero attached hydrogens (tertiary/aromatic N) is 2. The van der Waals surface area contributed by atoms with E-state index < -0.39 is 47.4 Å². The van der Waals surface area contributed by atoms with Crippen molar-refractivity contribution < 1.29 is 33.9 Å². The van der Waals surface area contributed by atoms with Crippen molar-refractivity contribution in [3.05, 3.63) is 33.2 Å². The quantitative estimate of drug-likeness (QED) is 0.241. The van der Waals surface area contributed by atoms with Crippen molar-refractivity contribution in [1.82, 2.24) is 10.2 Å². The molecule has 0 radical (unpaired) electrons. The number of thiophene rings is 1. The average molecular weight is 496 g/mol. The fraction of sp³-hybridized carbons (Fsp3) is 0.476. The second-order valence-electron chi connectivity index (χ2n) is 8.45. The first-order chi connectivity index (χ1) is 15.5. The van der Waals surface area contributed by atoms with E-state index in [4.69, 9.17) is 9.57 Å². The first kappa shape index (κ1) is 24.8. The van der Waals surface area contributed by atoms with Crippen LogP contribution in [0.25, 0.3) is 0 Å². The lowest BCUT2D eigenvalue weighted by molar-refractivity contribution is -0.160. The number of carboxylic acids is 1. The number of thioether (sulfide) groups is 1. The normalized spacial score (nSPS) is 20.4. The van der Waals surface area contributed by atoms with Gasteiger partial charge in [0.1, 0.15) is 28.9 Å². The molecular formula is C21H25N3O7S2. The van der Waals surface area contributed by atoms with Gasteiger partial charge in [0.25, 0.3) is 11.8 Å². The van der Waals surface area contributed by atoms with Crippen LogP contribution in [0.2, 0.25) is 0 Å². The molecule has 1 fully saturated rings. The highest BCUT2D eigenvalue weighted by Crippen LogP contribution is 2.41. The summed E-state index contributed by atoms with van der Waals surface area (Å²) in [7, 11) is 0. The molecule has 12 heteroatoms. The number of hydrogen-bond acceptors (Lipinski definition) is 9. The Bertz CT molecular complexity index is 1030. The number of carbonyl (C=O) groups is 4. The zero-order chi connectivity index (χ0) is 24.3. The van der Waals surface area contributed by atoms with E-state index >= 15 is 0 Å². The second kappa shape index (κ2) is 9.96. The van der Waals surface area contributed by atoms with E-state index in [1.807, 2.05) is 18.4 Å². The highest BCUT2D eigenvalue weighted by molar-refractivity contribution is 8.00. The molecule has 2 atom stereocenters. The topological polar surface area (TPSA) is 135 Å². The van der Waals surface area contributed by atoms with E-state index in [2.05, 4.69) is 10.5 Å². The Balaban J connectivity index is 1.58. The van der Waals surface area contributed by atoms with Crippen molar-refractivity contribution in [1.29, 1.82) is 0 Å². The Morgan fingerprint density at radius 2 is 2.09 bits per heavy atom. The molecule has 178 valence electrons. The van der Waals surface area contributed by atoms with Crippen LogP contribution in [0.3, 0.4) is 0 Å². The number of esters is 1. The van der Waals surface area contributed by atoms with Crippen LogP contribution >= 0.6 is 23.1 Å². The Morgan fingerprint density at radius 1 is 1.36 bits per heavy atom. The largest absolute Gasteiger partial charge is 0.477 e. The van der Waals surface area contributed by atoms with Gasteiger partial charge in [-0.3, -0.25) is 14.5 Å². The number of amides is 2. The van der Waals surface area contributed by atoms with E-state index in [1.54, 1.807) is 32.1 Å². The maximum atomic E-state index is 12.7. The predicted octanol–water partition coefficient (Wildman–Crippen LogP) is 1.68. The third-order valence-electron chi connectivity index (χ3n) is 4.74. The van der Waals surface area contributed by atoms with Gasteiger partial charge in [-0.1, -0.05) is 5.16 Å². The average Bonchev–Trinajstić information content (AvgIpc) is 3.12. The van der Waals surface area contributed by atoms with Gasteiger partial charge in [0.2, 0.25) is 6.61 Å². The summed E-state index contributed by atoms with van der Waals surface area (Å²) in [5.74, 6) is -2.56. The number of carboxylic acid groups (broad SMARTS) is 1. The number of oxime groups is 1. The summed E-state index contributed by atoms with van der Waals surface area (Å²) >= 11 is 2.95. The van der Waals surface area contributed by atoms with Crippen molar-refractivity contribution in [3.63, 3.8) is 0 Å². The van der Waals surface area contributed by atoms with Crippen LogP contribution in [-0.4, -0.2) is 69.4 Å². The molecule has 0 aliphatic carbocycles. The third-order valence-corrected chi connectivity index (χ3v) is 7.10. The van der Waals surface area contributed by atoms with Gasteiger partial charge in [-0.05, 0) is 50.3 Å². The molecule has 1 saturated heterocycles. The first-order valence-corrected chi connectivity index (χ1v) is 12.0. The van der Waals surface area contributed by atoms with Gasteiger partial charge in [0.15, 0.2) is 0 Å². The summed E-state index contributed by atoms with van der Waals surface area (Å²) in [5, 5.41) is 17.1. The van der Waals surface area contributed by atoms with Crippen LogP contribution in [-0.2, 0) is 35.2 Å². The predicted molar refractivity (Wildman–Crippen MR) is 123 cm³/mol. The maximum absolute atomic E-state index is 12.7. The number of ether oxygens (including phenoxy) is 1. The Morgan fingerprint density at radius 3 is 2.70 bits per heavy atom. The second-order valence-corrected chi connectivity index (χ2v) is 10.6. The maximum Gasteiger partial charge on any atom is 0.352 e. The lowest BCUT2D eigenvalue weighted by atomic mass is 10.0. The molecule has 3 heterocycles. The summed E-state index contributed by atoms with van der Waals surface area (Å²) < 4.78 is 5.04. The summed E-state index contributed by atoms with van der Waals surface area (Å²) in [5.41, 5.74) is 1.07. The lowest BCUT2D eigenvalue weighted by Crippen LogP contribution is -2.70. The highest BCUT2D eigenvalue weighted by Gasteiger charge is 2.54. The summed E-state index contributed by atoms with van der Waals surface area (Å²) in [4.78, 5) is 55.3. The van der Waals surface area contributed by atoms with Gasteiger partial charge in [0.05, 0.1) is 0 Å². The van der Waals surface area contributed by atoms with Gasteiger partial charge < -0.3 is 20.0 Å². The molecular weight excluding hydrogens is 470 g/mol. The molecule has 0 spiro atoms. The van der Waals surface area contributed by atoms with Gasteiger partial charge in [-0.25, -0.2) is 9.59 Å². The highest BCUT2D eigenvalue weighted by atomic mass is 32.2. The molecule has 2 N–H and O–H groups in total. The summed E-state index contributed by atoms with van der Waals surface area (Å²) in [6.45, 7) is 6.63. The molecule has 0 saturated carbocycles. The third kappa shape index (κ3) is 5.93. The fourth-order valence-corrected chi connectivity index (χ4v) is 5.63. The molecule has 1 unspecified atom stereocenters. The fourth-order valence-electron chi connectivity index (χ4n) is 3.33. The van der Waals surface area contributed by atoms with Gasteiger partial charge in [-0.15, -0.1) is 23.1 Å². The number of hydrogen-bond donors (Lipinski definition) is 2. The summed E-state index contributed by atoms with van der Waals surface area (Å²) in [6, 6.07) is 1.10. The van der Waals surface area contributed by atoms with Crippen LogP contribution in [0, 0.1) is 6.92 Å². The number of β-lactam (4-membered cyclic amide) rings is 1. The van der Waals surface area contributed by atoms with Crippen LogP contribution in [0.1, 0.15) is 31.2 Å². The number of carbonyl (C=O) groups excluding carboxylic acids is 3. The van der Waals surface area contributed by atoms with Crippen LogP contribution < -0.4 is 5.32 Å². The molecule has 10 nitrogen and oxygen atoms in total. The Kier molecular flexibility index (Phi) is 7.48. The van der Waals surface area contributed by atoms with Gasteiger partial charge in [0, 0.05) is 17.1 Å². The molecule has 2 amide bonds. The minimum atomic E-state index is -1.17. The minimum absolute atomic E-state index is 0.0172. The molecule has 33 heavy (non-hydrogen) atoms. The van der Waals surface area contributed by atoms with Crippen molar-refractivity contribution in [3.8, 4) is 0 Å². The van der Waals surface area contributed by atoms with Crippen LogP contribution in [0.4, 0.5) is 0 Å². The molecule has 3 rings (SSSR count). The van der Waals surface area contributed by atoms with E-state index in [0.717, 1.165) is 16.7 Å². The molecule has 1 aromatic rings. The monoisotopic (exact) mass is 495 g/mol. The van der Waals surface area contributed by atoms with Crippen molar-refractivity contribution in [2.45, 2.75) is 51.1 Å². The van der Waals surface area contributed by atoms with Gasteiger partial charge >= 0.3 is 11.9 Å². The number of nitrogens with one attached hydrogen (secondary N) is 1. The summed E-state index contributed by atoms with van der Waals surface area (Å²) in [6.07, 6.45) is 1.28. The zero-order valence-corrected chi connectivity index (χ0v) is 20.2. The van der Waals surface area contributed by atoms with Crippen molar-refractivity contribution in [2.24, 2.45) is 5.16 Å². The SMILES string of the molecule is Cc1ccsc1CC1=C(C(=O)O)N2C(=O)C(NC(=O)C=NOCC(=O)OC(C)(C)C)[C@@H]2SC1. The van der Waals surface area contributed by atoms with E-state index in [1.165, 1.54) is 16.7 Å². The molecule has 2 aliphatic heterocycles. The smallest absolute Gasteiger partial charge is 0.352 e. The minimum Gasteiger partial charge on any atom is -0.477 e. The van der Waals surface area contributed by atoms with E-state index in [9.17, 15) is 24.3 Å². The van der Waals surface area contributed by atoms with Crippen molar-refractivity contribution in [2.75, 3.05) is 12.4 Å². The lowest BCUT2D eigenvalue weighted by Gasteiger charge is -2.49. The van der Waals surface area contributed by atoms with E-state index in [0.29, 0.717) is 17.7 Å².